The molecule has 0 radical (unpaired) electrons. The number of aryl methyl sites for hydroxylation is 2. The lowest BCUT2D eigenvalue weighted by Gasteiger charge is -2.09. The van der Waals surface area contributed by atoms with Crippen molar-refractivity contribution in [1.29, 1.82) is 0 Å². The van der Waals surface area contributed by atoms with Crippen LogP contribution < -0.4 is 0 Å². The third kappa shape index (κ3) is 2.38. The second kappa shape index (κ2) is 3.69. The van der Waals surface area contributed by atoms with Crippen LogP contribution in [-0.2, 0) is 4.79 Å². The van der Waals surface area contributed by atoms with Crippen molar-refractivity contribution >= 4 is 5.78 Å². The van der Waals surface area contributed by atoms with Crippen LogP contribution >= 0.6 is 0 Å². The van der Waals surface area contributed by atoms with Gasteiger partial charge in [0.05, 0.1) is 0 Å². The van der Waals surface area contributed by atoms with E-state index < -0.39 is 0 Å². The Morgan fingerprint density at radius 1 is 1.31 bits per heavy atom. The van der Waals surface area contributed by atoms with Crippen LogP contribution in [0, 0.1) is 13.8 Å². The molecule has 1 heterocycles. The summed E-state index contributed by atoms with van der Waals surface area (Å²) in [7, 11) is 0. The molecule has 0 aromatic carbocycles. The summed E-state index contributed by atoms with van der Waals surface area (Å²) in [6, 6.07) is 3.94. The predicted octanol–water partition coefficient (Wildman–Crippen LogP) is 2.39. The van der Waals surface area contributed by atoms with E-state index >= 15 is 0 Å². The Labute approximate surface area is 79.0 Å². The summed E-state index contributed by atoms with van der Waals surface area (Å²) in [5.41, 5.74) is 3.02. The summed E-state index contributed by atoms with van der Waals surface area (Å²) < 4.78 is 0. The highest BCUT2D eigenvalue weighted by Crippen LogP contribution is 2.17. The zero-order valence-corrected chi connectivity index (χ0v) is 8.59. The molecular formula is C11H15NO. The van der Waals surface area contributed by atoms with Gasteiger partial charge in [0, 0.05) is 17.3 Å². The number of nitrogens with zero attached hydrogens (tertiary/aromatic N) is 1. The molecule has 0 fully saturated rings. The third-order valence-corrected chi connectivity index (χ3v) is 2.21. The Morgan fingerprint density at radius 2 is 1.77 bits per heavy atom. The molecular weight excluding hydrogens is 162 g/mol. The van der Waals surface area contributed by atoms with Gasteiger partial charge in [0.2, 0.25) is 0 Å². The van der Waals surface area contributed by atoms with E-state index in [1.165, 1.54) is 0 Å². The largest absolute Gasteiger partial charge is 0.299 e. The monoisotopic (exact) mass is 177 g/mol. The molecule has 0 saturated carbocycles. The van der Waals surface area contributed by atoms with E-state index in [4.69, 9.17) is 0 Å². The number of hydrogen-bond donors (Lipinski definition) is 0. The zero-order chi connectivity index (χ0) is 10.0. The molecule has 0 amide bonds. The standard InChI is InChI=1S/C11H15NO/c1-7-5-11(6-8(2)12-7)9(3)10(4)13/h5-6,9H,1-4H3. The van der Waals surface area contributed by atoms with Gasteiger partial charge in [-0.3, -0.25) is 9.78 Å². The number of ketones is 1. The van der Waals surface area contributed by atoms with Gasteiger partial charge in [-0.1, -0.05) is 6.92 Å². The van der Waals surface area contributed by atoms with Crippen LogP contribution in [0.5, 0.6) is 0 Å². The van der Waals surface area contributed by atoms with E-state index in [1.807, 2.05) is 32.9 Å². The van der Waals surface area contributed by atoms with Gasteiger partial charge in [0.25, 0.3) is 0 Å². The van der Waals surface area contributed by atoms with Gasteiger partial charge in [0.15, 0.2) is 0 Å². The average Bonchev–Trinajstić information content (AvgIpc) is 2.01. The number of Topliss-reactive ketones (excluding diaryl/α,β-unsaturated/α-hetero) is 1. The summed E-state index contributed by atoms with van der Waals surface area (Å²) in [5.74, 6) is 0.186. The number of carbonyl (C=O) groups excluding carboxylic acids is 1. The summed E-state index contributed by atoms with van der Waals surface area (Å²) >= 11 is 0. The fourth-order valence-electron chi connectivity index (χ4n) is 1.35. The van der Waals surface area contributed by atoms with Crippen molar-refractivity contribution < 1.29 is 4.79 Å². The number of rotatable bonds is 2. The fraction of sp³-hybridized carbons (Fsp3) is 0.455. The van der Waals surface area contributed by atoms with Crippen LogP contribution in [0.1, 0.15) is 36.7 Å². The van der Waals surface area contributed by atoms with Gasteiger partial charge < -0.3 is 0 Å². The van der Waals surface area contributed by atoms with Crippen molar-refractivity contribution in [3.05, 3.63) is 29.1 Å². The SMILES string of the molecule is CC(=O)C(C)c1cc(C)nc(C)c1. The zero-order valence-electron chi connectivity index (χ0n) is 8.59. The van der Waals surface area contributed by atoms with E-state index in [1.54, 1.807) is 6.92 Å². The molecule has 0 saturated heterocycles. The summed E-state index contributed by atoms with van der Waals surface area (Å²) in [6.07, 6.45) is 0. The third-order valence-electron chi connectivity index (χ3n) is 2.21. The van der Waals surface area contributed by atoms with Gasteiger partial charge in [-0.25, -0.2) is 0 Å². The smallest absolute Gasteiger partial charge is 0.136 e. The number of hydrogen-bond acceptors (Lipinski definition) is 2. The van der Waals surface area contributed by atoms with Gasteiger partial charge in [-0.05, 0) is 38.5 Å². The van der Waals surface area contributed by atoms with Crippen molar-refractivity contribution in [3.8, 4) is 0 Å². The molecule has 1 rings (SSSR count). The summed E-state index contributed by atoms with van der Waals surface area (Å²) in [4.78, 5) is 15.4. The molecule has 2 heteroatoms. The van der Waals surface area contributed by atoms with Crippen LogP contribution in [0.15, 0.2) is 12.1 Å². The van der Waals surface area contributed by atoms with Crippen LogP contribution in [0.2, 0.25) is 0 Å². The van der Waals surface area contributed by atoms with E-state index in [2.05, 4.69) is 4.98 Å². The maximum Gasteiger partial charge on any atom is 0.136 e. The lowest BCUT2D eigenvalue weighted by molar-refractivity contribution is -0.118. The van der Waals surface area contributed by atoms with Crippen LogP contribution in [0.25, 0.3) is 0 Å². The molecule has 2 nitrogen and oxygen atoms in total. The van der Waals surface area contributed by atoms with Gasteiger partial charge in [-0.15, -0.1) is 0 Å². The first-order valence-corrected chi connectivity index (χ1v) is 4.46. The quantitative estimate of drug-likeness (QED) is 0.694. The van der Waals surface area contributed by atoms with E-state index in [0.717, 1.165) is 17.0 Å². The molecule has 1 unspecified atom stereocenters. The Morgan fingerprint density at radius 3 is 2.15 bits per heavy atom. The summed E-state index contributed by atoms with van der Waals surface area (Å²) in [6.45, 7) is 7.44. The minimum atomic E-state index is -0.0135. The second-order valence-corrected chi connectivity index (χ2v) is 3.52. The average molecular weight is 177 g/mol. The molecule has 13 heavy (non-hydrogen) atoms. The maximum absolute atomic E-state index is 11.1. The first-order chi connectivity index (χ1) is 6.00. The molecule has 0 spiro atoms. The van der Waals surface area contributed by atoms with Crippen molar-refractivity contribution in [1.82, 2.24) is 4.98 Å². The second-order valence-electron chi connectivity index (χ2n) is 3.52. The Balaban J connectivity index is 3.07. The molecule has 1 atom stereocenters. The number of aromatic nitrogens is 1. The van der Waals surface area contributed by atoms with Crippen molar-refractivity contribution in [2.45, 2.75) is 33.6 Å². The van der Waals surface area contributed by atoms with Crippen molar-refractivity contribution in [2.24, 2.45) is 0 Å². The molecule has 70 valence electrons. The first-order valence-electron chi connectivity index (χ1n) is 4.46. The molecule has 1 aromatic heterocycles. The molecule has 1 aromatic rings. The first kappa shape index (κ1) is 9.90. The molecule has 0 bridgehead atoms. The molecule has 0 aliphatic heterocycles. The molecule has 0 aliphatic carbocycles. The van der Waals surface area contributed by atoms with Crippen LogP contribution in [-0.4, -0.2) is 10.8 Å². The highest BCUT2D eigenvalue weighted by atomic mass is 16.1. The molecule has 0 aliphatic rings. The van der Waals surface area contributed by atoms with Gasteiger partial charge in [0.1, 0.15) is 5.78 Å². The number of pyridine rings is 1. The Bertz CT molecular complexity index is 311. The van der Waals surface area contributed by atoms with E-state index in [-0.39, 0.29) is 11.7 Å². The topological polar surface area (TPSA) is 30.0 Å². The minimum absolute atomic E-state index is 0.0135. The predicted molar refractivity (Wildman–Crippen MR) is 52.8 cm³/mol. The van der Waals surface area contributed by atoms with Crippen LogP contribution in [0.3, 0.4) is 0 Å². The fourth-order valence-corrected chi connectivity index (χ4v) is 1.35. The van der Waals surface area contributed by atoms with Crippen molar-refractivity contribution in [3.63, 3.8) is 0 Å². The highest BCUT2D eigenvalue weighted by Gasteiger charge is 2.10. The Kier molecular flexibility index (Phi) is 2.81. The van der Waals surface area contributed by atoms with E-state index in [0.29, 0.717) is 0 Å². The molecule has 0 N–H and O–H groups in total. The van der Waals surface area contributed by atoms with Crippen LogP contribution in [0.4, 0.5) is 0 Å². The normalized spacial score (nSPS) is 12.6. The lowest BCUT2D eigenvalue weighted by Crippen LogP contribution is -2.05. The van der Waals surface area contributed by atoms with Gasteiger partial charge >= 0.3 is 0 Å². The maximum atomic E-state index is 11.1. The van der Waals surface area contributed by atoms with E-state index in [9.17, 15) is 4.79 Å². The minimum Gasteiger partial charge on any atom is -0.299 e. The van der Waals surface area contributed by atoms with Gasteiger partial charge in [-0.2, -0.15) is 0 Å². The van der Waals surface area contributed by atoms with Crippen molar-refractivity contribution in [2.75, 3.05) is 0 Å². The lowest BCUT2D eigenvalue weighted by atomic mass is 9.97. The Hall–Kier alpha value is -1.18. The summed E-state index contributed by atoms with van der Waals surface area (Å²) in [5, 5.41) is 0. The number of carbonyl (C=O) groups is 1. The highest BCUT2D eigenvalue weighted by molar-refractivity contribution is 5.82.